The predicted molar refractivity (Wildman–Crippen MR) is 86.5 cm³/mol. The highest BCUT2D eigenvalue weighted by Crippen LogP contribution is 2.18. The Morgan fingerprint density at radius 3 is 2.86 bits per heavy atom. The monoisotopic (exact) mass is 299 g/mol. The molecular weight excluding hydrogens is 278 g/mol. The van der Waals surface area contributed by atoms with Crippen molar-refractivity contribution in [2.24, 2.45) is 0 Å². The number of hydrogen-bond acceptors (Lipinski definition) is 6. The van der Waals surface area contributed by atoms with Crippen LogP contribution in [0.3, 0.4) is 0 Å². The molecule has 116 valence electrons. The van der Waals surface area contributed by atoms with E-state index in [-0.39, 0.29) is 0 Å². The van der Waals surface area contributed by atoms with Gasteiger partial charge in [-0.1, -0.05) is 18.2 Å². The van der Waals surface area contributed by atoms with E-state index in [0.717, 1.165) is 43.6 Å². The highest BCUT2D eigenvalue weighted by molar-refractivity contribution is 5.40. The lowest BCUT2D eigenvalue weighted by Crippen LogP contribution is -2.21. The second kappa shape index (κ2) is 7.06. The van der Waals surface area contributed by atoms with Gasteiger partial charge in [0.2, 0.25) is 5.95 Å². The van der Waals surface area contributed by atoms with Crippen molar-refractivity contribution in [3.8, 4) is 5.75 Å². The fraction of sp³-hybridized carbons (Fsp3) is 0.438. The van der Waals surface area contributed by atoms with Crippen LogP contribution in [0.4, 0.5) is 11.8 Å². The molecule has 0 aliphatic carbocycles. The molecule has 0 atom stereocenters. The van der Waals surface area contributed by atoms with Gasteiger partial charge in [-0.3, -0.25) is 0 Å². The molecule has 1 N–H and O–H groups in total. The zero-order valence-electron chi connectivity index (χ0n) is 12.8. The largest absolute Gasteiger partial charge is 0.496 e. The highest BCUT2D eigenvalue weighted by atomic mass is 16.5. The molecule has 2 aromatic rings. The summed E-state index contributed by atoms with van der Waals surface area (Å²) in [5.41, 5.74) is 1.18. The van der Waals surface area contributed by atoms with E-state index in [4.69, 9.17) is 4.74 Å². The zero-order valence-corrected chi connectivity index (χ0v) is 12.8. The number of rotatable bonds is 6. The van der Waals surface area contributed by atoms with Gasteiger partial charge in [-0.2, -0.15) is 10.1 Å². The van der Waals surface area contributed by atoms with Crippen LogP contribution < -0.4 is 15.0 Å². The van der Waals surface area contributed by atoms with Crippen molar-refractivity contribution in [2.45, 2.75) is 19.3 Å². The third-order valence-corrected chi connectivity index (χ3v) is 3.83. The predicted octanol–water partition coefficient (Wildman–Crippen LogP) is 2.13. The molecule has 2 heterocycles. The first-order chi connectivity index (χ1) is 10.9. The number of benzene rings is 1. The summed E-state index contributed by atoms with van der Waals surface area (Å²) in [4.78, 5) is 6.72. The highest BCUT2D eigenvalue weighted by Gasteiger charge is 2.15. The van der Waals surface area contributed by atoms with Crippen LogP contribution in [0.5, 0.6) is 5.75 Å². The van der Waals surface area contributed by atoms with E-state index in [1.165, 1.54) is 18.4 Å². The van der Waals surface area contributed by atoms with Gasteiger partial charge < -0.3 is 15.0 Å². The maximum absolute atomic E-state index is 5.36. The van der Waals surface area contributed by atoms with Crippen LogP contribution in [0.25, 0.3) is 0 Å². The van der Waals surface area contributed by atoms with E-state index >= 15 is 0 Å². The quantitative estimate of drug-likeness (QED) is 0.881. The lowest BCUT2D eigenvalue weighted by Gasteiger charge is -2.15. The van der Waals surface area contributed by atoms with Gasteiger partial charge in [-0.05, 0) is 30.9 Å². The molecule has 6 nitrogen and oxygen atoms in total. The van der Waals surface area contributed by atoms with Crippen molar-refractivity contribution in [1.29, 1.82) is 0 Å². The van der Waals surface area contributed by atoms with E-state index in [0.29, 0.717) is 0 Å². The number of aromatic nitrogens is 3. The molecule has 1 aliphatic rings. The van der Waals surface area contributed by atoms with Crippen LogP contribution in [0.1, 0.15) is 18.4 Å². The van der Waals surface area contributed by atoms with Crippen LogP contribution in [0.2, 0.25) is 0 Å². The van der Waals surface area contributed by atoms with E-state index < -0.39 is 0 Å². The summed E-state index contributed by atoms with van der Waals surface area (Å²) in [6, 6.07) is 8.06. The maximum Gasteiger partial charge on any atom is 0.247 e. The Hall–Kier alpha value is -2.37. The van der Waals surface area contributed by atoms with Crippen LogP contribution in [0.15, 0.2) is 30.5 Å². The Balaban J connectivity index is 1.58. The second-order valence-corrected chi connectivity index (χ2v) is 5.32. The molecule has 1 aliphatic heterocycles. The molecule has 0 spiro atoms. The van der Waals surface area contributed by atoms with Crippen molar-refractivity contribution in [3.05, 3.63) is 36.0 Å². The third kappa shape index (κ3) is 3.44. The van der Waals surface area contributed by atoms with Gasteiger partial charge in [-0.15, -0.1) is 5.10 Å². The molecule has 0 bridgehead atoms. The van der Waals surface area contributed by atoms with E-state index in [1.54, 1.807) is 13.3 Å². The fourth-order valence-electron chi connectivity index (χ4n) is 2.67. The lowest BCUT2D eigenvalue weighted by atomic mass is 10.1. The summed E-state index contributed by atoms with van der Waals surface area (Å²) in [5, 5.41) is 11.5. The molecule has 0 amide bonds. The minimum absolute atomic E-state index is 0.722. The number of ether oxygens (including phenoxy) is 1. The van der Waals surface area contributed by atoms with Crippen LogP contribution in [-0.2, 0) is 6.42 Å². The zero-order chi connectivity index (χ0) is 15.2. The number of hydrogen-bond donors (Lipinski definition) is 1. The molecule has 1 fully saturated rings. The standard InChI is InChI=1S/C16H21N5O/c1-22-14-7-3-2-6-13(14)8-9-17-15-12-18-20-16(19-15)21-10-4-5-11-21/h2-3,6-7,12H,4-5,8-11H2,1H3,(H,17,19,20). The average Bonchev–Trinajstić information content (AvgIpc) is 3.10. The SMILES string of the molecule is COc1ccccc1CCNc1cnnc(N2CCCC2)n1. The molecule has 22 heavy (non-hydrogen) atoms. The van der Waals surface area contributed by atoms with Gasteiger partial charge >= 0.3 is 0 Å². The normalized spacial score (nSPS) is 14.1. The molecule has 1 saturated heterocycles. The summed E-state index contributed by atoms with van der Waals surface area (Å²) >= 11 is 0. The first kappa shape index (κ1) is 14.6. The molecule has 1 aromatic carbocycles. The Bertz CT molecular complexity index is 613. The number of nitrogens with zero attached hydrogens (tertiary/aromatic N) is 4. The molecule has 1 aromatic heterocycles. The smallest absolute Gasteiger partial charge is 0.247 e. The number of nitrogens with one attached hydrogen (secondary N) is 1. The Labute approximate surface area is 130 Å². The van der Waals surface area contributed by atoms with Gasteiger partial charge in [0, 0.05) is 19.6 Å². The van der Waals surface area contributed by atoms with Gasteiger partial charge in [0.1, 0.15) is 5.75 Å². The van der Waals surface area contributed by atoms with Gasteiger partial charge in [-0.25, -0.2) is 0 Å². The Kier molecular flexibility index (Phi) is 4.68. The van der Waals surface area contributed by atoms with E-state index in [1.807, 2.05) is 18.2 Å². The average molecular weight is 299 g/mol. The molecular formula is C16H21N5O. The third-order valence-electron chi connectivity index (χ3n) is 3.83. The summed E-state index contributed by atoms with van der Waals surface area (Å²) in [6.45, 7) is 2.82. The topological polar surface area (TPSA) is 63.2 Å². The molecule has 0 radical (unpaired) electrons. The van der Waals surface area contributed by atoms with Crippen LogP contribution >= 0.6 is 0 Å². The van der Waals surface area contributed by atoms with Crippen molar-refractivity contribution in [1.82, 2.24) is 15.2 Å². The first-order valence-corrected chi connectivity index (χ1v) is 7.67. The van der Waals surface area contributed by atoms with Crippen molar-refractivity contribution in [3.63, 3.8) is 0 Å². The second-order valence-electron chi connectivity index (χ2n) is 5.32. The Morgan fingerprint density at radius 2 is 2.05 bits per heavy atom. The van der Waals surface area contributed by atoms with Crippen LogP contribution in [0, 0.1) is 0 Å². The van der Waals surface area contributed by atoms with Crippen LogP contribution in [-0.4, -0.2) is 41.9 Å². The van der Waals surface area contributed by atoms with Crippen molar-refractivity contribution < 1.29 is 4.74 Å². The Morgan fingerprint density at radius 1 is 1.23 bits per heavy atom. The van der Waals surface area contributed by atoms with Crippen molar-refractivity contribution >= 4 is 11.8 Å². The summed E-state index contributed by atoms with van der Waals surface area (Å²) in [5.74, 6) is 2.41. The summed E-state index contributed by atoms with van der Waals surface area (Å²) in [6.07, 6.45) is 4.94. The number of methoxy groups -OCH3 is 1. The lowest BCUT2D eigenvalue weighted by molar-refractivity contribution is 0.410. The first-order valence-electron chi connectivity index (χ1n) is 7.67. The summed E-state index contributed by atoms with van der Waals surface area (Å²) in [7, 11) is 1.70. The molecule has 0 saturated carbocycles. The minimum atomic E-state index is 0.722. The van der Waals surface area contributed by atoms with Gasteiger partial charge in [0.05, 0.1) is 13.3 Å². The fourth-order valence-corrected chi connectivity index (χ4v) is 2.67. The van der Waals surface area contributed by atoms with Crippen molar-refractivity contribution in [2.75, 3.05) is 37.0 Å². The van der Waals surface area contributed by atoms with E-state index in [9.17, 15) is 0 Å². The van der Waals surface area contributed by atoms with Gasteiger partial charge in [0.25, 0.3) is 0 Å². The number of para-hydroxylation sites is 1. The van der Waals surface area contributed by atoms with Gasteiger partial charge in [0.15, 0.2) is 5.82 Å². The maximum atomic E-state index is 5.36. The van der Waals surface area contributed by atoms with E-state index in [2.05, 4.69) is 31.5 Å². The number of anilines is 2. The molecule has 0 unspecified atom stereocenters. The minimum Gasteiger partial charge on any atom is -0.496 e. The molecule has 6 heteroatoms. The molecule has 3 rings (SSSR count). The summed E-state index contributed by atoms with van der Waals surface area (Å²) < 4.78 is 5.36.